The fourth-order valence-corrected chi connectivity index (χ4v) is 1.40. The van der Waals surface area contributed by atoms with Crippen molar-refractivity contribution in [2.75, 3.05) is 5.32 Å². The third-order valence-corrected chi connectivity index (χ3v) is 2.29. The van der Waals surface area contributed by atoms with Crippen LogP contribution in [0, 0.1) is 0 Å². The van der Waals surface area contributed by atoms with Crippen LogP contribution in [0.1, 0.15) is 18.4 Å². The molecule has 0 aliphatic rings. The molecule has 0 unspecified atom stereocenters. The molecule has 0 spiro atoms. The molecule has 7 heteroatoms. The van der Waals surface area contributed by atoms with Crippen molar-refractivity contribution >= 4 is 29.6 Å². The van der Waals surface area contributed by atoms with E-state index in [1.54, 1.807) is 12.1 Å². The van der Waals surface area contributed by atoms with Gasteiger partial charge in [-0.25, -0.2) is 0 Å². The second-order valence-corrected chi connectivity index (χ2v) is 3.62. The van der Waals surface area contributed by atoms with Crippen LogP contribution in [0.2, 0.25) is 0 Å². The first-order valence-corrected chi connectivity index (χ1v) is 5.36. The van der Waals surface area contributed by atoms with Gasteiger partial charge < -0.3 is 15.6 Å². The molecule has 19 heavy (non-hydrogen) atoms. The van der Waals surface area contributed by atoms with E-state index in [4.69, 9.17) is 10.3 Å². The molecule has 1 rings (SSSR count). The first kappa shape index (κ1) is 14.4. The van der Waals surface area contributed by atoms with Crippen LogP contribution in [0.25, 0.3) is 0 Å². The standard InChI is InChI=1S/C12H12N2O5/c15-7-11(16)13-9-3-1-8(2-4-9)10(14-19)5-6-12(17)18/h1-4,7,19H,5-6H2,(H,13,16)(H,17,18). The number of oxime groups is 1. The van der Waals surface area contributed by atoms with Gasteiger partial charge in [-0.3, -0.25) is 14.4 Å². The number of aliphatic carboxylic acids is 1. The molecule has 0 aliphatic carbocycles. The summed E-state index contributed by atoms with van der Waals surface area (Å²) in [5.41, 5.74) is 1.18. The summed E-state index contributed by atoms with van der Waals surface area (Å²) >= 11 is 0. The van der Waals surface area contributed by atoms with E-state index >= 15 is 0 Å². The highest BCUT2D eigenvalue weighted by atomic mass is 16.4. The summed E-state index contributed by atoms with van der Waals surface area (Å²) in [6.07, 6.45) is 0.0935. The smallest absolute Gasteiger partial charge is 0.303 e. The van der Waals surface area contributed by atoms with Crippen molar-refractivity contribution in [1.82, 2.24) is 0 Å². The molecule has 0 aromatic heterocycles. The number of anilines is 1. The number of amides is 1. The minimum atomic E-state index is -0.990. The molecular weight excluding hydrogens is 252 g/mol. The fraction of sp³-hybridized carbons (Fsp3) is 0.167. The highest BCUT2D eigenvalue weighted by Crippen LogP contribution is 2.12. The Bertz CT molecular complexity index is 507. The summed E-state index contributed by atoms with van der Waals surface area (Å²) in [6.45, 7) is 0. The van der Waals surface area contributed by atoms with Crippen molar-refractivity contribution in [2.45, 2.75) is 12.8 Å². The second kappa shape index (κ2) is 6.90. The van der Waals surface area contributed by atoms with Crippen LogP contribution in [0.15, 0.2) is 29.4 Å². The molecule has 0 heterocycles. The van der Waals surface area contributed by atoms with Gasteiger partial charge in [0.15, 0.2) is 0 Å². The minimum Gasteiger partial charge on any atom is -0.481 e. The Morgan fingerprint density at radius 1 is 1.21 bits per heavy atom. The highest BCUT2D eigenvalue weighted by molar-refractivity contribution is 6.29. The van der Waals surface area contributed by atoms with E-state index in [0.717, 1.165) is 0 Å². The largest absolute Gasteiger partial charge is 0.481 e. The fourth-order valence-electron chi connectivity index (χ4n) is 1.40. The maximum Gasteiger partial charge on any atom is 0.303 e. The molecule has 0 aliphatic heterocycles. The predicted molar refractivity (Wildman–Crippen MR) is 66.3 cm³/mol. The minimum absolute atomic E-state index is 0.0892. The number of carbonyl (C=O) groups excluding carboxylic acids is 2. The number of hydrogen-bond acceptors (Lipinski definition) is 5. The number of hydrogen-bond donors (Lipinski definition) is 3. The van der Waals surface area contributed by atoms with Crippen LogP contribution in [0.4, 0.5) is 5.69 Å². The van der Waals surface area contributed by atoms with E-state index in [9.17, 15) is 14.4 Å². The normalized spacial score (nSPS) is 10.8. The van der Waals surface area contributed by atoms with E-state index in [1.165, 1.54) is 12.1 Å². The van der Waals surface area contributed by atoms with Crippen molar-refractivity contribution < 1.29 is 24.7 Å². The lowest BCUT2D eigenvalue weighted by Gasteiger charge is -2.05. The first-order valence-electron chi connectivity index (χ1n) is 5.36. The van der Waals surface area contributed by atoms with Crippen LogP contribution < -0.4 is 5.32 Å². The number of carboxylic acid groups (broad SMARTS) is 1. The Labute approximate surface area is 108 Å². The van der Waals surface area contributed by atoms with Gasteiger partial charge in [0, 0.05) is 12.1 Å². The number of rotatable bonds is 6. The molecule has 3 N–H and O–H groups in total. The summed E-state index contributed by atoms with van der Waals surface area (Å²) in [6, 6.07) is 6.14. The van der Waals surface area contributed by atoms with E-state index in [1.807, 2.05) is 0 Å². The first-order chi connectivity index (χ1) is 9.06. The maximum absolute atomic E-state index is 10.8. The Morgan fingerprint density at radius 2 is 1.84 bits per heavy atom. The average Bonchev–Trinajstić information content (AvgIpc) is 2.40. The van der Waals surface area contributed by atoms with E-state index in [0.29, 0.717) is 11.3 Å². The zero-order valence-corrected chi connectivity index (χ0v) is 9.87. The molecule has 0 fully saturated rings. The number of nitrogens with zero attached hydrogens (tertiary/aromatic N) is 1. The molecular formula is C12H12N2O5. The summed E-state index contributed by atoms with van der Waals surface area (Å²) in [5, 5.41) is 22.8. The van der Waals surface area contributed by atoms with Crippen LogP contribution in [0.3, 0.4) is 0 Å². The Balaban J connectivity index is 2.76. The van der Waals surface area contributed by atoms with Gasteiger partial charge in [0.2, 0.25) is 6.29 Å². The van der Waals surface area contributed by atoms with Gasteiger partial charge >= 0.3 is 5.97 Å². The summed E-state index contributed by atoms with van der Waals surface area (Å²) in [4.78, 5) is 31.4. The third kappa shape index (κ3) is 4.58. The van der Waals surface area contributed by atoms with Gasteiger partial charge in [0.05, 0.1) is 12.1 Å². The molecule has 0 bridgehead atoms. The van der Waals surface area contributed by atoms with Crippen molar-refractivity contribution in [1.29, 1.82) is 0 Å². The summed E-state index contributed by atoms with van der Waals surface area (Å²) in [7, 11) is 0. The number of carbonyl (C=O) groups is 3. The molecule has 0 saturated heterocycles. The Hall–Kier alpha value is -2.70. The molecule has 7 nitrogen and oxygen atoms in total. The maximum atomic E-state index is 10.8. The number of aldehydes is 1. The lowest BCUT2D eigenvalue weighted by molar-refractivity contribution is -0.136. The molecule has 1 aromatic rings. The quantitative estimate of drug-likeness (QED) is 0.232. The Kier molecular flexibility index (Phi) is 5.21. The van der Waals surface area contributed by atoms with E-state index < -0.39 is 11.9 Å². The van der Waals surface area contributed by atoms with Crippen molar-refractivity contribution in [3.05, 3.63) is 29.8 Å². The summed E-state index contributed by atoms with van der Waals surface area (Å²) < 4.78 is 0. The predicted octanol–water partition coefficient (Wildman–Crippen LogP) is 0.867. The highest BCUT2D eigenvalue weighted by Gasteiger charge is 2.08. The zero-order chi connectivity index (χ0) is 14.3. The van der Waals surface area contributed by atoms with Crippen molar-refractivity contribution in [2.24, 2.45) is 5.16 Å². The topological polar surface area (TPSA) is 116 Å². The van der Waals surface area contributed by atoms with Crippen LogP contribution in [-0.4, -0.2) is 34.2 Å². The number of carboxylic acids is 1. The van der Waals surface area contributed by atoms with Gasteiger partial charge in [0.1, 0.15) is 0 Å². The lowest BCUT2D eigenvalue weighted by atomic mass is 10.1. The van der Waals surface area contributed by atoms with Crippen LogP contribution in [-0.2, 0) is 14.4 Å². The van der Waals surface area contributed by atoms with E-state index in [2.05, 4.69) is 10.5 Å². The zero-order valence-electron chi connectivity index (χ0n) is 9.87. The molecule has 1 aromatic carbocycles. The summed E-state index contributed by atoms with van der Waals surface area (Å²) in [5.74, 6) is -1.76. The van der Waals surface area contributed by atoms with Gasteiger partial charge in [-0.2, -0.15) is 0 Å². The Morgan fingerprint density at radius 3 is 2.32 bits per heavy atom. The van der Waals surface area contributed by atoms with Crippen molar-refractivity contribution in [3.63, 3.8) is 0 Å². The molecule has 0 atom stereocenters. The molecule has 0 radical (unpaired) electrons. The van der Waals surface area contributed by atoms with Crippen molar-refractivity contribution in [3.8, 4) is 0 Å². The molecule has 1 amide bonds. The van der Waals surface area contributed by atoms with Crippen LogP contribution >= 0.6 is 0 Å². The molecule has 0 saturated carbocycles. The van der Waals surface area contributed by atoms with Gasteiger partial charge in [-0.1, -0.05) is 17.3 Å². The third-order valence-electron chi connectivity index (χ3n) is 2.29. The van der Waals surface area contributed by atoms with Gasteiger partial charge in [-0.15, -0.1) is 0 Å². The van der Waals surface area contributed by atoms with Crippen LogP contribution in [0.5, 0.6) is 0 Å². The lowest BCUT2D eigenvalue weighted by Crippen LogP contribution is -2.12. The monoisotopic (exact) mass is 264 g/mol. The number of benzene rings is 1. The van der Waals surface area contributed by atoms with Gasteiger partial charge in [0.25, 0.3) is 5.91 Å². The van der Waals surface area contributed by atoms with E-state index in [-0.39, 0.29) is 24.8 Å². The number of nitrogens with one attached hydrogen (secondary N) is 1. The SMILES string of the molecule is O=CC(=O)Nc1ccc(C(CCC(=O)O)=NO)cc1. The van der Waals surface area contributed by atoms with Gasteiger partial charge in [-0.05, 0) is 17.7 Å². The second-order valence-electron chi connectivity index (χ2n) is 3.62. The molecule has 100 valence electrons. The average molecular weight is 264 g/mol.